The normalized spacial score (nSPS) is 17.7. The molecule has 1 saturated heterocycles. The van der Waals surface area contributed by atoms with E-state index in [1.807, 2.05) is 25.4 Å². The highest BCUT2D eigenvalue weighted by molar-refractivity contribution is 6.05. The number of carbonyl (C=O) groups is 2. The van der Waals surface area contributed by atoms with Gasteiger partial charge in [0.05, 0.1) is 17.1 Å². The van der Waals surface area contributed by atoms with Crippen LogP contribution in [0.2, 0.25) is 0 Å². The molecule has 0 saturated carbocycles. The predicted octanol–water partition coefficient (Wildman–Crippen LogP) is 4.94. The third-order valence-corrected chi connectivity index (χ3v) is 5.52. The van der Waals surface area contributed by atoms with Gasteiger partial charge in [-0.05, 0) is 82.7 Å². The molecule has 2 aromatic rings. The quantitative estimate of drug-likeness (QED) is 0.647. The Morgan fingerprint density at radius 1 is 1.19 bits per heavy atom. The van der Waals surface area contributed by atoms with Crippen molar-refractivity contribution in [1.29, 1.82) is 0 Å². The maximum Gasteiger partial charge on any atom is 0.417 e. The molecule has 6 heteroatoms. The van der Waals surface area contributed by atoms with Crippen molar-refractivity contribution < 1.29 is 14.3 Å². The van der Waals surface area contributed by atoms with Crippen molar-refractivity contribution in [3.63, 3.8) is 0 Å². The van der Waals surface area contributed by atoms with Gasteiger partial charge in [0.15, 0.2) is 0 Å². The van der Waals surface area contributed by atoms with E-state index < -0.39 is 11.7 Å². The van der Waals surface area contributed by atoms with Crippen LogP contribution in [0.4, 0.5) is 4.79 Å². The van der Waals surface area contributed by atoms with Crippen LogP contribution < -0.4 is 0 Å². The fourth-order valence-corrected chi connectivity index (χ4v) is 4.15. The van der Waals surface area contributed by atoms with Gasteiger partial charge in [-0.2, -0.15) is 0 Å². The second-order valence-electron chi connectivity index (χ2n) is 9.04. The second kappa shape index (κ2) is 8.17. The molecule has 2 aliphatic heterocycles. The van der Waals surface area contributed by atoms with Gasteiger partial charge in [0.2, 0.25) is 0 Å². The molecule has 0 bridgehead atoms. The Morgan fingerprint density at radius 3 is 2.74 bits per heavy atom. The Balaban J connectivity index is 1.61. The average molecular weight is 420 g/mol. The summed E-state index contributed by atoms with van der Waals surface area (Å²) in [5, 5.41) is 0. The standard InChI is InChI=1S/C25H29N3O3/c1-5-7-17-9-11-21-18(14-17)10-12-22-20(26-16-28(21)22)15-19-8-6-13-27(23(19)29)24(30)31-25(2,3)4/h5,7,9,11,14-16H,6,8,10,12-13H2,1-4H3/b7-5+,19-15+. The molecule has 0 spiro atoms. The van der Waals surface area contributed by atoms with Crippen LogP contribution in [0.1, 0.15) is 63.1 Å². The Hall–Kier alpha value is -3.15. The van der Waals surface area contributed by atoms with Gasteiger partial charge >= 0.3 is 6.09 Å². The number of fused-ring (bicyclic) bond motifs is 3. The van der Waals surface area contributed by atoms with Crippen LogP contribution in [0.3, 0.4) is 0 Å². The SMILES string of the molecule is C/C=C/c1ccc2c(c1)CCc1c(/C=C3\CCCN(C(=O)OC(C)(C)C)C3=O)ncn1-2. The highest BCUT2D eigenvalue weighted by Crippen LogP contribution is 2.30. The number of benzene rings is 1. The van der Waals surface area contributed by atoms with E-state index in [-0.39, 0.29) is 5.91 Å². The van der Waals surface area contributed by atoms with Crippen molar-refractivity contribution >= 4 is 24.2 Å². The van der Waals surface area contributed by atoms with E-state index in [2.05, 4.69) is 33.8 Å². The molecule has 2 amide bonds. The number of nitrogens with zero attached hydrogens (tertiary/aromatic N) is 3. The molecule has 3 heterocycles. The first kappa shape index (κ1) is 21.1. The first-order valence-electron chi connectivity index (χ1n) is 10.8. The Bertz CT molecular complexity index is 1090. The summed E-state index contributed by atoms with van der Waals surface area (Å²) in [6.45, 7) is 7.80. The lowest BCUT2D eigenvalue weighted by molar-refractivity contribution is -0.127. The molecule has 1 aromatic carbocycles. The van der Waals surface area contributed by atoms with Crippen LogP contribution >= 0.6 is 0 Å². The second-order valence-corrected chi connectivity index (χ2v) is 9.04. The smallest absolute Gasteiger partial charge is 0.417 e. The van der Waals surface area contributed by atoms with Crippen LogP contribution in [0.25, 0.3) is 17.8 Å². The fraction of sp³-hybridized carbons (Fsp3) is 0.400. The zero-order valence-electron chi connectivity index (χ0n) is 18.6. The van der Waals surface area contributed by atoms with Crippen molar-refractivity contribution in [2.45, 2.75) is 59.0 Å². The van der Waals surface area contributed by atoms with E-state index in [1.54, 1.807) is 20.8 Å². The first-order chi connectivity index (χ1) is 14.8. The molecule has 2 aliphatic rings. The average Bonchev–Trinajstić information content (AvgIpc) is 3.11. The molecular weight excluding hydrogens is 390 g/mol. The monoisotopic (exact) mass is 419 g/mol. The Labute approximate surface area is 183 Å². The van der Waals surface area contributed by atoms with E-state index in [0.717, 1.165) is 36.3 Å². The third kappa shape index (κ3) is 4.33. The van der Waals surface area contributed by atoms with Crippen molar-refractivity contribution in [3.8, 4) is 5.69 Å². The van der Waals surface area contributed by atoms with Crippen molar-refractivity contribution in [2.75, 3.05) is 6.54 Å². The minimum absolute atomic E-state index is 0.283. The summed E-state index contributed by atoms with van der Waals surface area (Å²) in [7, 11) is 0. The molecule has 0 unspecified atom stereocenters. The summed E-state index contributed by atoms with van der Waals surface area (Å²) in [6, 6.07) is 6.46. The number of imide groups is 1. The summed E-state index contributed by atoms with van der Waals surface area (Å²) in [5.74, 6) is -0.283. The van der Waals surface area contributed by atoms with Crippen LogP contribution in [-0.4, -0.2) is 38.6 Å². The number of aromatic nitrogens is 2. The highest BCUT2D eigenvalue weighted by atomic mass is 16.6. The number of rotatable bonds is 2. The van der Waals surface area contributed by atoms with E-state index in [0.29, 0.717) is 18.5 Å². The number of carbonyl (C=O) groups excluding carboxylic acids is 2. The lowest BCUT2D eigenvalue weighted by atomic mass is 9.97. The van der Waals surface area contributed by atoms with Crippen molar-refractivity contribution in [3.05, 3.63) is 58.7 Å². The number of imidazole rings is 1. The van der Waals surface area contributed by atoms with Crippen LogP contribution in [0.15, 0.2) is 36.2 Å². The Kier molecular flexibility index (Phi) is 5.56. The minimum atomic E-state index is -0.637. The number of ether oxygens (including phenoxy) is 1. The van der Waals surface area contributed by atoms with Gasteiger partial charge in [0, 0.05) is 12.1 Å². The van der Waals surface area contributed by atoms with Gasteiger partial charge in [-0.3, -0.25) is 4.79 Å². The fourth-order valence-electron chi connectivity index (χ4n) is 4.15. The molecule has 1 fully saturated rings. The molecule has 0 radical (unpaired) electrons. The van der Waals surface area contributed by atoms with E-state index in [9.17, 15) is 9.59 Å². The third-order valence-electron chi connectivity index (χ3n) is 5.52. The van der Waals surface area contributed by atoms with Gasteiger partial charge in [0.1, 0.15) is 11.9 Å². The maximum absolute atomic E-state index is 13.0. The summed E-state index contributed by atoms with van der Waals surface area (Å²) >= 11 is 0. The lowest BCUT2D eigenvalue weighted by Gasteiger charge is -2.29. The van der Waals surface area contributed by atoms with Crippen molar-refractivity contribution in [2.24, 2.45) is 0 Å². The number of allylic oxidation sites excluding steroid dienone is 1. The lowest BCUT2D eigenvalue weighted by Crippen LogP contribution is -2.44. The number of likely N-dealkylation sites (tertiary alicyclic amines) is 1. The summed E-state index contributed by atoms with van der Waals surface area (Å²) < 4.78 is 7.52. The maximum atomic E-state index is 13.0. The predicted molar refractivity (Wildman–Crippen MR) is 121 cm³/mol. The summed E-state index contributed by atoms with van der Waals surface area (Å²) in [5.41, 5.74) is 5.50. The van der Waals surface area contributed by atoms with Gasteiger partial charge < -0.3 is 9.30 Å². The number of hydrogen-bond donors (Lipinski definition) is 0. The van der Waals surface area contributed by atoms with E-state index in [1.165, 1.54) is 16.0 Å². The topological polar surface area (TPSA) is 64.4 Å². The van der Waals surface area contributed by atoms with E-state index in [4.69, 9.17) is 4.74 Å². The first-order valence-corrected chi connectivity index (χ1v) is 10.8. The van der Waals surface area contributed by atoms with Gasteiger partial charge in [0.25, 0.3) is 5.91 Å². The van der Waals surface area contributed by atoms with Gasteiger partial charge in [-0.1, -0.05) is 18.2 Å². The number of amides is 2. The number of piperidine rings is 1. The zero-order valence-corrected chi connectivity index (χ0v) is 18.6. The molecule has 4 rings (SSSR count). The zero-order chi connectivity index (χ0) is 22.2. The van der Waals surface area contributed by atoms with Crippen LogP contribution in [0, 0.1) is 0 Å². The molecule has 0 atom stereocenters. The van der Waals surface area contributed by atoms with Crippen LogP contribution in [0.5, 0.6) is 0 Å². The molecule has 0 N–H and O–H groups in total. The molecule has 6 nitrogen and oxygen atoms in total. The largest absolute Gasteiger partial charge is 0.443 e. The number of aryl methyl sites for hydroxylation is 1. The minimum Gasteiger partial charge on any atom is -0.443 e. The van der Waals surface area contributed by atoms with Crippen LogP contribution in [-0.2, 0) is 22.4 Å². The molecule has 31 heavy (non-hydrogen) atoms. The molecule has 162 valence electrons. The number of hydrogen-bond acceptors (Lipinski definition) is 4. The highest BCUT2D eigenvalue weighted by Gasteiger charge is 2.32. The van der Waals surface area contributed by atoms with Crippen molar-refractivity contribution in [1.82, 2.24) is 14.5 Å². The molecule has 0 aliphatic carbocycles. The molecule has 1 aromatic heterocycles. The summed E-state index contributed by atoms with van der Waals surface area (Å²) in [4.78, 5) is 31.2. The van der Waals surface area contributed by atoms with Gasteiger partial charge in [-0.15, -0.1) is 0 Å². The molecular formula is C25H29N3O3. The Morgan fingerprint density at radius 2 is 2.00 bits per heavy atom. The summed E-state index contributed by atoms with van der Waals surface area (Å²) in [6.07, 6.45) is 10.4. The van der Waals surface area contributed by atoms with E-state index >= 15 is 0 Å². The van der Waals surface area contributed by atoms with Gasteiger partial charge in [-0.25, -0.2) is 14.7 Å².